The highest BCUT2D eigenvalue weighted by atomic mass is 32.2. The smallest absolute Gasteiger partial charge is 0.274 e. The van der Waals surface area contributed by atoms with Gasteiger partial charge in [-0.15, -0.1) is 0 Å². The number of nitrogens with two attached hydrogens (primary N) is 1. The molecule has 3 heterocycles. The number of nitrogens with zero attached hydrogens (tertiary/aromatic N) is 2. The van der Waals surface area contributed by atoms with Crippen LogP contribution in [0.5, 0.6) is 0 Å². The molecule has 4 rings (SSSR count). The highest BCUT2D eigenvalue weighted by Crippen LogP contribution is 2.47. The Morgan fingerprint density at radius 2 is 2.18 bits per heavy atom. The molecule has 146 valence electrons. The van der Waals surface area contributed by atoms with Gasteiger partial charge in [0, 0.05) is 29.5 Å². The maximum absolute atomic E-state index is 14.8. The molecule has 2 atom stereocenters. The van der Waals surface area contributed by atoms with Gasteiger partial charge in [-0.2, -0.15) is 0 Å². The van der Waals surface area contributed by atoms with Crippen LogP contribution in [-0.4, -0.2) is 28.4 Å². The zero-order chi connectivity index (χ0) is 19.7. The number of thioether (sulfide) groups is 1. The lowest BCUT2D eigenvalue weighted by molar-refractivity contribution is -0.115. The largest absolute Gasteiger partial charge is 0.378 e. The van der Waals surface area contributed by atoms with E-state index in [-0.39, 0.29) is 17.2 Å². The van der Waals surface area contributed by atoms with Crippen molar-refractivity contribution in [1.82, 2.24) is 4.98 Å². The number of nitrogens with one attached hydrogen (secondary N) is 1. The van der Waals surface area contributed by atoms with Gasteiger partial charge in [-0.05, 0) is 43.2 Å². The third-order valence-corrected chi connectivity index (χ3v) is 5.81. The van der Waals surface area contributed by atoms with Gasteiger partial charge in [0.15, 0.2) is 10.9 Å². The van der Waals surface area contributed by atoms with Crippen LogP contribution in [0.25, 0.3) is 0 Å². The summed E-state index contributed by atoms with van der Waals surface area (Å²) in [5.74, 6) is -0.875. The average molecular weight is 404 g/mol. The van der Waals surface area contributed by atoms with E-state index in [4.69, 9.17) is 10.5 Å². The molecule has 2 aliphatic heterocycles. The van der Waals surface area contributed by atoms with E-state index in [1.54, 1.807) is 0 Å². The van der Waals surface area contributed by atoms with Crippen LogP contribution in [0.4, 0.5) is 14.5 Å². The van der Waals surface area contributed by atoms with Crippen LogP contribution >= 0.6 is 11.8 Å². The fourth-order valence-electron chi connectivity index (χ4n) is 3.51. The highest BCUT2D eigenvalue weighted by Gasteiger charge is 2.48. The zero-order valence-electron chi connectivity index (χ0n) is 14.8. The number of carbonyl (C=O) groups is 1. The normalized spacial score (nSPS) is 24.2. The molecule has 9 heteroatoms. The first-order chi connectivity index (χ1) is 13.5. The first-order valence-corrected chi connectivity index (χ1v) is 9.81. The lowest BCUT2D eigenvalue weighted by Crippen LogP contribution is -2.46. The van der Waals surface area contributed by atoms with E-state index in [0.717, 1.165) is 25.1 Å². The number of amidine groups is 1. The Bertz CT molecular complexity index is 938. The van der Waals surface area contributed by atoms with Crippen molar-refractivity contribution in [2.45, 2.75) is 18.6 Å². The predicted molar refractivity (Wildman–Crippen MR) is 103 cm³/mol. The number of hydrogen-bond acceptors (Lipinski definition) is 6. The second-order valence-electron chi connectivity index (χ2n) is 6.66. The second kappa shape index (κ2) is 7.48. The summed E-state index contributed by atoms with van der Waals surface area (Å²) in [6.07, 6.45) is 2.68. The molecule has 0 spiro atoms. The number of fused-ring (bicyclic) bond motifs is 1. The van der Waals surface area contributed by atoms with Crippen molar-refractivity contribution in [2.24, 2.45) is 16.6 Å². The van der Waals surface area contributed by atoms with Gasteiger partial charge in [0.25, 0.3) is 5.91 Å². The van der Waals surface area contributed by atoms with Crippen molar-refractivity contribution in [2.75, 3.05) is 17.7 Å². The topological polar surface area (TPSA) is 89.6 Å². The summed E-state index contributed by atoms with van der Waals surface area (Å²) in [4.78, 5) is 20.6. The molecule has 0 radical (unpaired) electrons. The summed E-state index contributed by atoms with van der Waals surface area (Å²) < 4.78 is 33.8. The van der Waals surface area contributed by atoms with Crippen LogP contribution in [0.3, 0.4) is 0 Å². The van der Waals surface area contributed by atoms with Crippen LogP contribution in [-0.2, 0) is 10.5 Å². The molecule has 1 saturated heterocycles. The van der Waals surface area contributed by atoms with E-state index in [2.05, 4.69) is 15.3 Å². The molecule has 1 aromatic heterocycles. The molecular formula is C19H18F2N4O2S. The van der Waals surface area contributed by atoms with Crippen molar-refractivity contribution in [3.05, 3.63) is 59.4 Å². The minimum absolute atomic E-state index is 0.0160. The first kappa shape index (κ1) is 18.8. The quantitative estimate of drug-likeness (QED) is 0.820. The Labute approximate surface area is 164 Å². The zero-order valence-corrected chi connectivity index (χ0v) is 15.6. The van der Waals surface area contributed by atoms with Crippen molar-refractivity contribution >= 4 is 28.5 Å². The second-order valence-corrected chi connectivity index (χ2v) is 7.70. The fraction of sp³-hybridized carbons (Fsp3) is 0.316. The molecule has 1 fully saturated rings. The first-order valence-electron chi connectivity index (χ1n) is 8.83. The minimum Gasteiger partial charge on any atom is -0.378 e. The lowest BCUT2D eigenvalue weighted by atomic mass is 9.84. The SMILES string of the molecule is NC1=N[C@@]2(c3cc(NC(=O)c4ccc(F)cn4)ccc3F)OCCC[C@@H]2CS1. The van der Waals surface area contributed by atoms with Crippen molar-refractivity contribution in [1.29, 1.82) is 0 Å². The van der Waals surface area contributed by atoms with Gasteiger partial charge in [0.05, 0.1) is 6.20 Å². The van der Waals surface area contributed by atoms with Gasteiger partial charge in [-0.1, -0.05) is 11.8 Å². The van der Waals surface area contributed by atoms with E-state index in [9.17, 15) is 13.6 Å². The number of halogens is 2. The van der Waals surface area contributed by atoms with Crippen molar-refractivity contribution < 1.29 is 18.3 Å². The number of benzene rings is 1. The maximum Gasteiger partial charge on any atom is 0.274 e. The Kier molecular flexibility index (Phi) is 5.03. The summed E-state index contributed by atoms with van der Waals surface area (Å²) >= 11 is 1.43. The number of ether oxygens (including phenoxy) is 1. The molecule has 3 N–H and O–H groups in total. The number of pyridine rings is 1. The number of aromatic nitrogens is 1. The summed E-state index contributed by atoms with van der Waals surface area (Å²) in [6.45, 7) is 0.452. The van der Waals surface area contributed by atoms with Crippen LogP contribution in [0.2, 0.25) is 0 Å². The summed E-state index contributed by atoms with van der Waals surface area (Å²) in [6, 6.07) is 6.65. The van der Waals surface area contributed by atoms with E-state index in [1.807, 2.05) is 0 Å². The van der Waals surface area contributed by atoms with E-state index in [0.29, 0.717) is 23.2 Å². The molecule has 0 aliphatic carbocycles. The summed E-state index contributed by atoms with van der Waals surface area (Å²) in [5.41, 5.74) is 5.39. The number of rotatable bonds is 3. The Hall–Kier alpha value is -2.52. The summed E-state index contributed by atoms with van der Waals surface area (Å²) in [5, 5.41) is 3.01. The summed E-state index contributed by atoms with van der Waals surface area (Å²) in [7, 11) is 0. The molecule has 1 aromatic carbocycles. The van der Waals surface area contributed by atoms with Crippen molar-refractivity contribution in [3.63, 3.8) is 0 Å². The molecule has 2 aliphatic rings. The number of hydrogen-bond donors (Lipinski definition) is 2. The number of aliphatic imine (C=N–C) groups is 1. The minimum atomic E-state index is -1.19. The average Bonchev–Trinajstić information content (AvgIpc) is 2.69. The standard InChI is InChI=1S/C19H18F2N4O2S/c20-12-3-6-16(23-9-12)17(26)24-13-4-5-15(21)14(8-13)19-11(2-1-7-27-19)10-28-18(22)25-19/h3-6,8-9,11H,1-2,7,10H2,(H2,22,25)(H,24,26)/t11-,19-/m1/s1. The predicted octanol–water partition coefficient (Wildman–Crippen LogP) is 3.25. The monoisotopic (exact) mass is 404 g/mol. The molecule has 1 amide bonds. The third-order valence-electron chi connectivity index (χ3n) is 4.85. The molecule has 0 bridgehead atoms. The lowest BCUT2D eigenvalue weighted by Gasteiger charge is -2.43. The number of anilines is 1. The van der Waals surface area contributed by atoms with Gasteiger partial charge >= 0.3 is 0 Å². The van der Waals surface area contributed by atoms with Gasteiger partial charge in [0.2, 0.25) is 0 Å². The molecule has 2 aromatic rings. The fourth-order valence-corrected chi connectivity index (χ4v) is 4.48. The Balaban J connectivity index is 1.68. The maximum atomic E-state index is 14.8. The van der Waals surface area contributed by atoms with Gasteiger partial charge in [0.1, 0.15) is 17.3 Å². The molecule has 6 nitrogen and oxygen atoms in total. The van der Waals surface area contributed by atoms with Crippen LogP contribution in [0.15, 0.2) is 41.5 Å². The van der Waals surface area contributed by atoms with Gasteiger partial charge < -0.3 is 15.8 Å². The van der Waals surface area contributed by atoms with Crippen LogP contribution < -0.4 is 11.1 Å². The van der Waals surface area contributed by atoms with Gasteiger partial charge in [-0.3, -0.25) is 4.79 Å². The Morgan fingerprint density at radius 3 is 2.96 bits per heavy atom. The number of amides is 1. The molecular weight excluding hydrogens is 386 g/mol. The van der Waals surface area contributed by atoms with E-state index < -0.39 is 23.3 Å². The van der Waals surface area contributed by atoms with E-state index >= 15 is 0 Å². The molecule has 0 unspecified atom stereocenters. The van der Waals surface area contributed by atoms with Crippen LogP contribution in [0, 0.1) is 17.6 Å². The number of carbonyl (C=O) groups excluding carboxylic acids is 1. The Morgan fingerprint density at radius 1 is 1.32 bits per heavy atom. The molecule has 0 saturated carbocycles. The van der Waals surface area contributed by atoms with Crippen molar-refractivity contribution in [3.8, 4) is 0 Å². The highest BCUT2D eigenvalue weighted by molar-refractivity contribution is 8.13. The molecule has 28 heavy (non-hydrogen) atoms. The van der Waals surface area contributed by atoms with Gasteiger partial charge in [-0.25, -0.2) is 18.8 Å². The third kappa shape index (κ3) is 3.47. The van der Waals surface area contributed by atoms with E-state index in [1.165, 1.54) is 36.0 Å². The van der Waals surface area contributed by atoms with Crippen LogP contribution in [0.1, 0.15) is 28.9 Å².